The third kappa shape index (κ3) is 2.09. The first kappa shape index (κ1) is 11.1. The number of nitrogens with zero attached hydrogens (tertiary/aromatic N) is 2. The Bertz CT molecular complexity index is 365. The van der Waals surface area contributed by atoms with E-state index in [-0.39, 0.29) is 10.2 Å². The van der Waals surface area contributed by atoms with Gasteiger partial charge in [-0.05, 0) is 22.9 Å². The molecule has 0 atom stereocenters. The molecule has 14 heavy (non-hydrogen) atoms. The number of halogens is 3. The van der Waals surface area contributed by atoms with Gasteiger partial charge in [0.2, 0.25) is 0 Å². The highest BCUT2D eigenvalue weighted by molar-refractivity contribution is 9.10. The molecule has 1 heterocycles. The molecular formula is C7H7BrF2N2O2. The molecule has 0 aromatic carbocycles. The molecule has 0 unspecified atom stereocenters. The van der Waals surface area contributed by atoms with Crippen LogP contribution in [0.25, 0.3) is 0 Å². The molecule has 0 aliphatic heterocycles. The van der Waals surface area contributed by atoms with Crippen molar-refractivity contribution >= 4 is 21.9 Å². The molecule has 1 aromatic rings. The van der Waals surface area contributed by atoms with E-state index < -0.39 is 18.9 Å². The molecule has 0 aliphatic rings. The van der Waals surface area contributed by atoms with Crippen molar-refractivity contribution in [2.24, 2.45) is 0 Å². The van der Waals surface area contributed by atoms with Crippen LogP contribution in [0.3, 0.4) is 0 Å². The van der Waals surface area contributed by atoms with Gasteiger partial charge in [0.1, 0.15) is 6.54 Å². The van der Waals surface area contributed by atoms with Crippen LogP contribution in [0, 0.1) is 6.92 Å². The number of hydrogen-bond donors (Lipinski definition) is 1. The van der Waals surface area contributed by atoms with Gasteiger partial charge in [-0.3, -0.25) is 4.68 Å². The average Bonchev–Trinajstić information content (AvgIpc) is 2.32. The van der Waals surface area contributed by atoms with Crippen LogP contribution in [0.4, 0.5) is 8.78 Å². The van der Waals surface area contributed by atoms with Crippen LogP contribution < -0.4 is 0 Å². The standard InChI is InChI=1S/C7H7BrF2N2O2/c1-3-5(8)6(7(13)14)11-12(3)2-4(9)10/h4H,2H2,1H3,(H,13,14). The molecule has 0 aliphatic carbocycles. The second-order valence-electron chi connectivity index (χ2n) is 2.63. The van der Waals surface area contributed by atoms with Crippen LogP contribution in [0.15, 0.2) is 4.47 Å². The van der Waals surface area contributed by atoms with Gasteiger partial charge in [-0.15, -0.1) is 0 Å². The van der Waals surface area contributed by atoms with E-state index in [0.29, 0.717) is 5.69 Å². The summed E-state index contributed by atoms with van der Waals surface area (Å²) in [6, 6.07) is 0. The molecule has 1 N–H and O–H groups in total. The van der Waals surface area contributed by atoms with Gasteiger partial charge in [0, 0.05) is 0 Å². The van der Waals surface area contributed by atoms with Gasteiger partial charge < -0.3 is 5.11 Å². The Morgan fingerprint density at radius 2 is 2.29 bits per heavy atom. The Morgan fingerprint density at radius 1 is 1.71 bits per heavy atom. The number of carboxylic acids is 1. The normalized spacial score (nSPS) is 10.9. The number of aromatic carboxylic acids is 1. The molecule has 1 aromatic heterocycles. The summed E-state index contributed by atoms with van der Waals surface area (Å²) in [6.45, 7) is 0.920. The maximum atomic E-state index is 12.0. The number of hydrogen-bond acceptors (Lipinski definition) is 2. The highest BCUT2D eigenvalue weighted by Gasteiger charge is 2.19. The molecular weight excluding hydrogens is 262 g/mol. The lowest BCUT2D eigenvalue weighted by atomic mass is 10.4. The van der Waals surface area contributed by atoms with Gasteiger partial charge in [-0.25, -0.2) is 13.6 Å². The first-order valence-electron chi connectivity index (χ1n) is 3.67. The molecule has 7 heteroatoms. The number of rotatable bonds is 3. The monoisotopic (exact) mass is 268 g/mol. The molecule has 1 rings (SSSR count). The maximum Gasteiger partial charge on any atom is 0.357 e. The minimum Gasteiger partial charge on any atom is -0.476 e. The van der Waals surface area contributed by atoms with Crippen LogP contribution in [-0.4, -0.2) is 27.3 Å². The van der Waals surface area contributed by atoms with E-state index in [1.54, 1.807) is 0 Å². The van der Waals surface area contributed by atoms with Gasteiger partial charge in [0.15, 0.2) is 5.69 Å². The van der Waals surface area contributed by atoms with E-state index in [1.807, 2.05) is 0 Å². The summed E-state index contributed by atoms with van der Waals surface area (Å²) in [4.78, 5) is 10.6. The molecule has 0 radical (unpaired) electrons. The lowest BCUT2D eigenvalue weighted by molar-refractivity contribution is 0.0685. The molecule has 4 nitrogen and oxygen atoms in total. The summed E-state index contributed by atoms with van der Waals surface area (Å²) >= 11 is 2.98. The molecule has 0 bridgehead atoms. The van der Waals surface area contributed by atoms with Crippen LogP contribution in [0.1, 0.15) is 16.2 Å². The highest BCUT2D eigenvalue weighted by atomic mass is 79.9. The molecule has 78 valence electrons. The summed E-state index contributed by atoms with van der Waals surface area (Å²) < 4.78 is 25.2. The number of alkyl halides is 2. The van der Waals surface area contributed by atoms with Crippen molar-refractivity contribution in [2.75, 3.05) is 0 Å². The second kappa shape index (κ2) is 4.04. The summed E-state index contributed by atoms with van der Waals surface area (Å²) in [5.74, 6) is -1.24. The quantitative estimate of drug-likeness (QED) is 0.911. The van der Waals surface area contributed by atoms with E-state index in [0.717, 1.165) is 4.68 Å². The van der Waals surface area contributed by atoms with Crippen molar-refractivity contribution in [2.45, 2.75) is 19.9 Å². The van der Waals surface area contributed by atoms with E-state index >= 15 is 0 Å². The van der Waals surface area contributed by atoms with Crippen molar-refractivity contribution in [1.29, 1.82) is 0 Å². The predicted molar refractivity (Wildman–Crippen MR) is 47.6 cm³/mol. The van der Waals surface area contributed by atoms with Crippen molar-refractivity contribution in [3.63, 3.8) is 0 Å². The van der Waals surface area contributed by atoms with Crippen molar-refractivity contribution in [3.05, 3.63) is 15.9 Å². The van der Waals surface area contributed by atoms with Crippen LogP contribution >= 0.6 is 15.9 Å². The number of carboxylic acid groups (broad SMARTS) is 1. The zero-order valence-corrected chi connectivity index (χ0v) is 8.75. The van der Waals surface area contributed by atoms with E-state index in [1.165, 1.54) is 6.92 Å². The van der Waals surface area contributed by atoms with E-state index in [9.17, 15) is 13.6 Å². The van der Waals surface area contributed by atoms with Gasteiger partial charge in [-0.1, -0.05) is 0 Å². The van der Waals surface area contributed by atoms with Gasteiger partial charge in [-0.2, -0.15) is 5.10 Å². The van der Waals surface area contributed by atoms with Crippen molar-refractivity contribution in [1.82, 2.24) is 9.78 Å². The minimum atomic E-state index is -2.55. The Kier molecular flexibility index (Phi) is 3.20. The maximum absolute atomic E-state index is 12.0. The first-order chi connectivity index (χ1) is 6.43. The number of carbonyl (C=O) groups is 1. The Balaban J connectivity index is 3.08. The molecule has 0 spiro atoms. The minimum absolute atomic E-state index is 0.241. The third-order valence-corrected chi connectivity index (χ3v) is 2.60. The number of aromatic nitrogens is 2. The Hall–Kier alpha value is -0.980. The third-order valence-electron chi connectivity index (χ3n) is 1.65. The Morgan fingerprint density at radius 3 is 2.64 bits per heavy atom. The van der Waals surface area contributed by atoms with Crippen LogP contribution in [0.5, 0.6) is 0 Å². The van der Waals surface area contributed by atoms with Gasteiger partial charge in [0.25, 0.3) is 6.43 Å². The van der Waals surface area contributed by atoms with E-state index in [2.05, 4.69) is 21.0 Å². The first-order valence-corrected chi connectivity index (χ1v) is 4.47. The largest absolute Gasteiger partial charge is 0.476 e. The Labute approximate surface area is 86.7 Å². The summed E-state index contributed by atoms with van der Waals surface area (Å²) in [6.07, 6.45) is -2.55. The molecule has 0 fully saturated rings. The molecule has 0 saturated carbocycles. The van der Waals surface area contributed by atoms with Crippen LogP contribution in [-0.2, 0) is 6.54 Å². The van der Waals surface area contributed by atoms with Gasteiger partial charge >= 0.3 is 5.97 Å². The van der Waals surface area contributed by atoms with Crippen molar-refractivity contribution < 1.29 is 18.7 Å². The lowest BCUT2D eigenvalue weighted by Gasteiger charge is -2.01. The van der Waals surface area contributed by atoms with Crippen LogP contribution in [0.2, 0.25) is 0 Å². The topological polar surface area (TPSA) is 55.1 Å². The molecule has 0 amide bonds. The van der Waals surface area contributed by atoms with Crippen molar-refractivity contribution in [3.8, 4) is 0 Å². The second-order valence-corrected chi connectivity index (χ2v) is 3.42. The fourth-order valence-corrected chi connectivity index (χ4v) is 1.42. The zero-order chi connectivity index (χ0) is 10.9. The molecule has 0 saturated heterocycles. The summed E-state index contributed by atoms with van der Waals surface area (Å²) in [5, 5.41) is 12.2. The van der Waals surface area contributed by atoms with E-state index in [4.69, 9.17) is 5.11 Å². The smallest absolute Gasteiger partial charge is 0.357 e. The zero-order valence-electron chi connectivity index (χ0n) is 7.17. The fourth-order valence-electron chi connectivity index (χ4n) is 0.969. The van der Waals surface area contributed by atoms with Gasteiger partial charge in [0.05, 0.1) is 10.2 Å². The highest BCUT2D eigenvalue weighted by Crippen LogP contribution is 2.21. The lowest BCUT2D eigenvalue weighted by Crippen LogP contribution is -2.10. The summed E-state index contributed by atoms with van der Waals surface area (Å²) in [7, 11) is 0. The average molecular weight is 269 g/mol. The summed E-state index contributed by atoms with van der Waals surface area (Å²) in [5.41, 5.74) is 0.130. The fraction of sp³-hybridized carbons (Fsp3) is 0.429. The SMILES string of the molecule is Cc1c(Br)c(C(=O)O)nn1CC(F)F. The predicted octanol–water partition coefficient (Wildman–Crippen LogP) is 1.92.